The summed E-state index contributed by atoms with van der Waals surface area (Å²) in [5, 5.41) is 49.1. The SMILES string of the molecule is CCCC(=O)CC1(C)N=C(c2ccc(Cl)cc2)c2c(sc(C)c2C)-n2c(C)nnc21.CCCC(=O)CC1(C)N=C(c2ccc(Cl)cc2)c2c(sc(C)c2C)-n2c(C)nnc21.CCCC(=O)CC1(F)N=C(c2ccc(Cl)cc2)c2cc(OC)ccc2-n2c(C)nnc21.CCCCC1(C)N=C(c2ccc(Cl)cc2)c2cc(OC)ccc2-n2c(C)nnc21.COc1ccc2c(c1)C(c1ccc(Cl)cc1)=NC1(CC1)c1nnc(C)n1-2. The maximum absolute atomic E-state index is 16.6. The summed E-state index contributed by atoms with van der Waals surface area (Å²) in [6.07, 6.45) is 8.78. The van der Waals surface area contributed by atoms with Crippen molar-refractivity contribution in [3.8, 4) is 44.3 Å². The van der Waals surface area contributed by atoms with Crippen molar-refractivity contribution in [3.63, 3.8) is 0 Å². The molecule has 26 nitrogen and oxygen atoms in total. The number of nitrogens with zero attached hydrogens (tertiary/aromatic N) is 20. The number of carbonyl (C=O) groups excluding carboxylic acids is 3. The standard InChI is InChI=1S/C23H22ClFN4O2.2C23H25ClN4OS.C23H25ClN4O.C20H17ClN4O/c1-4-5-17(30)13-23(25)22-28-27-14(2)29(22)20-11-10-18(31-3)12-19(20)21(26-23)15-6-8-16(24)9-7-15;2*1-6-7-18(29)12-23(5)22-27-26-15(4)28(22)21-19(13(2)14(3)30-21)20(25-23)16-8-10-17(24)11-9-16;1-5-6-13-23(3)22-27-26-15(2)28(22)20-12-11-18(29-4)14-19(20)21(25-23)16-7-9-17(24)10-8-16;1-12-23-24-19-20(9-10-20)22-18(13-3-5-14(21)6-4-13)16-11-15(26-2)7-8-17(16)25(12)19/h6-12H,4-5,13H2,1-3H3;2*8-11H,6-7,12H2,1-5H3;7-12,14H,5-6,13H2,1-4H3;3-8,11H,9-10H2,1-2H3. The van der Waals surface area contributed by atoms with Crippen molar-refractivity contribution < 1.29 is 33.0 Å². The van der Waals surface area contributed by atoms with E-state index >= 15 is 4.39 Å². The van der Waals surface area contributed by atoms with Gasteiger partial charge in [-0.1, -0.05) is 159 Å². The predicted molar refractivity (Wildman–Crippen MR) is 579 cm³/mol. The van der Waals surface area contributed by atoms with Gasteiger partial charge in [0.25, 0.3) is 5.79 Å². The third-order valence-electron chi connectivity index (χ3n) is 27.2. The second-order valence-corrected chi connectivity index (χ2v) is 42.6. The van der Waals surface area contributed by atoms with E-state index in [4.69, 9.17) is 92.2 Å². The normalized spacial score (nSPS) is 17.5. The van der Waals surface area contributed by atoms with Crippen molar-refractivity contribution in [1.29, 1.82) is 0 Å². The molecule has 8 aromatic carbocycles. The first-order chi connectivity index (χ1) is 69.9. The number of benzene rings is 8. The molecule has 0 saturated heterocycles. The number of halogens is 6. The number of rotatable bonds is 23. The molecule has 7 aromatic heterocycles. The second kappa shape index (κ2) is 42.8. The highest BCUT2D eigenvalue weighted by Crippen LogP contribution is 2.53. The number of Topliss-reactive ketones (excluding diaryl/α,β-unsaturated/α-hetero) is 3. The van der Waals surface area contributed by atoms with Gasteiger partial charge in [0.15, 0.2) is 29.1 Å². The minimum Gasteiger partial charge on any atom is -0.497 e. The molecule has 1 spiro atoms. The molecule has 4 atom stereocenters. The number of unbranched alkanes of at least 4 members (excludes halogenated alkanes) is 1. The number of fused-ring (bicyclic) bond motifs is 16. The lowest BCUT2D eigenvalue weighted by Gasteiger charge is -2.24. The van der Waals surface area contributed by atoms with Gasteiger partial charge in [-0.2, -0.15) is 0 Å². The molecular weight excluding hydrogens is 1980 g/mol. The van der Waals surface area contributed by atoms with Crippen LogP contribution in [0.15, 0.2) is 201 Å². The van der Waals surface area contributed by atoms with E-state index in [1.807, 2.05) is 190 Å². The first kappa shape index (κ1) is 104. The highest BCUT2D eigenvalue weighted by molar-refractivity contribution is 7.15. The molecule has 34 heteroatoms. The minimum atomic E-state index is -2.37. The minimum absolute atomic E-state index is 0.00941. The van der Waals surface area contributed by atoms with Crippen LogP contribution in [0.5, 0.6) is 17.2 Å². The van der Waals surface area contributed by atoms with Crippen LogP contribution in [0.2, 0.25) is 25.1 Å². The molecule has 15 aromatic rings. The first-order valence-corrected chi connectivity index (χ1v) is 52.4. The van der Waals surface area contributed by atoms with Crippen LogP contribution >= 0.6 is 80.7 Å². The lowest BCUT2D eigenvalue weighted by Crippen LogP contribution is -2.28. The van der Waals surface area contributed by atoms with Gasteiger partial charge in [-0.05, 0) is 248 Å². The van der Waals surface area contributed by atoms with Crippen LogP contribution in [0.25, 0.3) is 27.1 Å². The van der Waals surface area contributed by atoms with Crippen LogP contribution in [-0.2, 0) is 42.3 Å². The van der Waals surface area contributed by atoms with Gasteiger partial charge in [0, 0.05) is 123 Å². The van der Waals surface area contributed by atoms with Crippen LogP contribution in [0.4, 0.5) is 4.39 Å². The Labute approximate surface area is 881 Å². The summed E-state index contributed by atoms with van der Waals surface area (Å²) < 4.78 is 43.1. The zero-order valence-corrected chi connectivity index (χ0v) is 90.5. The molecule has 0 bridgehead atoms. The Balaban J connectivity index is 0.000000125. The van der Waals surface area contributed by atoms with Crippen LogP contribution in [0, 0.1) is 62.3 Å². The molecular formula is C112H114Cl5FN20O6S2. The summed E-state index contributed by atoms with van der Waals surface area (Å²) >= 11 is 34.0. The Morgan fingerprint density at radius 2 is 0.630 bits per heavy atom. The second-order valence-electron chi connectivity index (χ2n) is 38.1. The Hall–Kier alpha value is -13.0. The lowest BCUT2D eigenvalue weighted by molar-refractivity contribution is -0.122. The maximum Gasteiger partial charge on any atom is 0.267 e. The number of aryl methyl sites for hydroxylation is 7. The van der Waals surface area contributed by atoms with Crippen molar-refractivity contribution in [1.82, 2.24) is 73.8 Å². The molecule has 21 rings (SSSR count). The number of ketones is 3. The van der Waals surface area contributed by atoms with Gasteiger partial charge in [-0.25, -0.2) is 9.38 Å². The number of aliphatic imine (C=N–C) groups is 5. The molecule has 0 amide bonds. The molecule has 146 heavy (non-hydrogen) atoms. The Morgan fingerprint density at radius 1 is 0.342 bits per heavy atom. The molecule has 6 aliphatic rings. The average molecular weight is 2100 g/mol. The summed E-state index contributed by atoms with van der Waals surface area (Å²) in [7, 11) is 4.92. The Bertz CT molecular complexity index is 7510. The summed E-state index contributed by atoms with van der Waals surface area (Å²) in [4.78, 5) is 65.9. The number of aromatic nitrogens is 15. The van der Waals surface area contributed by atoms with Crippen LogP contribution in [0.3, 0.4) is 0 Å². The number of hydrogen-bond donors (Lipinski definition) is 0. The topological polar surface area (TPSA) is 294 Å². The van der Waals surface area contributed by atoms with Crippen molar-refractivity contribution in [2.24, 2.45) is 25.0 Å². The molecule has 1 fully saturated rings. The largest absolute Gasteiger partial charge is 0.497 e. The predicted octanol–water partition coefficient (Wildman–Crippen LogP) is 26.0. The van der Waals surface area contributed by atoms with Crippen molar-refractivity contribution >= 4 is 127 Å². The fourth-order valence-corrected chi connectivity index (χ4v) is 22.4. The number of hydrogen-bond acceptors (Lipinski definition) is 23. The number of methoxy groups -OCH3 is 3. The summed E-state index contributed by atoms with van der Waals surface area (Å²) in [5.41, 5.74) is 16.2. The molecule has 1 saturated carbocycles. The van der Waals surface area contributed by atoms with Crippen LogP contribution in [0.1, 0.15) is 273 Å². The third-order valence-corrected chi connectivity index (χ3v) is 30.8. The first-order valence-electron chi connectivity index (χ1n) is 48.9. The van der Waals surface area contributed by atoms with Gasteiger partial charge in [0.05, 0.1) is 73.4 Å². The third kappa shape index (κ3) is 20.6. The quantitative estimate of drug-likeness (QED) is 0.0538. The lowest BCUT2D eigenvalue weighted by atomic mass is 9.92. The molecule has 1 aliphatic carbocycles. The van der Waals surface area contributed by atoms with E-state index in [1.165, 1.54) is 20.9 Å². The number of ether oxygens (including phenoxy) is 3. The number of carbonyl (C=O) groups is 3. The monoisotopic (exact) mass is 2090 g/mol. The highest BCUT2D eigenvalue weighted by Gasteiger charge is 2.52. The van der Waals surface area contributed by atoms with Gasteiger partial charge >= 0.3 is 0 Å². The molecule has 752 valence electrons. The van der Waals surface area contributed by atoms with Crippen LogP contribution < -0.4 is 14.2 Å². The van der Waals surface area contributed by atoms with E-state index in [9.17, 15) is 14.4 Å². The zero-order valence-electron chi connectivity index (χ0n) is 85.1. The van der Waals surface area contributed by atoms with E-state index < -0.39 is 28.8 Å². The van der Waals surface area contributed by atoms with E-state index in [0.717, 1.165) is 192 Å². The summed E-state index contributed by atoms with van der Waals surface area (Å²) in [5.74, 6) is 7.00. The van der Waals surface area contributed by atoms with Gasteiger partial charge in [-0.3, -0.25) is 57.2 Å². The molecule has 5 aliphatic heterocycles. The molecule has 0 N–H and O–H groups in total. The zero-order chi connectivity index (χ0) is 104. The molecule has 4 unspecified atom stereocenters. The van der Waals surface area contributed by atoms with Gasteiger partial charge in [0.2, 0.25) is 0 Å². The fraction of sp³-hybridized carbons (Fsp3) is 0.339. The molecule has 12 heterocycles. The van der Waals surface area contributed by atoms with Crippen LogP contribution in [-0.4, -0.2) is 141 Å². The van der Waals surface area contributed by atoms with Gasteiger partial charge in [-0.15, -0.1) is 73.7 Å². The Morgan fingerprint density at radius 3 is 0.966 bits per heavy atom. The smallest absolute Gasteiger partial charge is 0.267 e. The highest BCUT2D eigenvalue weighted by atomic mass is 35.5. The van der Waals surface area contributed by atoms with E-state index in [0.29, 0.717) is 91.3 Å². The van der Waals surface area contributed by atoms with Crippen molar-refractivity contribution in [2.75, 3.05) is 21.3 Å². The summed E-state index contributed by atoms with van der Waals surface area (Å²) in [6.45, 7) is 32.4. The Kier molecular flexibility index (Phi) is 30.6. The van der Waals surface area contributed by atoms with E-state index in [-0.39, 0.29) is 35.1 Å². The fourth-order valence-electron chi connectivity index (χ4n) is 19.3. The number of thiophene rings is 2. The van der Waals surface area contributed by atoms with Crippen molar-refractivity contribution in [3.05, 3.63) is 336 Å². The maximum atomic E-state index is 16.6. The van der Waals surface area contributed by atoms with Gasteiger partial charge in [0.1, 0.15) is 95.9 Å². The van der Waals surface area contributed by atoms with Crippen molar-refractivity contribution in [2.45, 2.75) is 229 Å². The molecule has 0 radical (unpaired) electrons. The summed E-state index contributed by atoms with van der Waals surface area (Å²) in [6, 6.07) is 55.7. The average Bonchev–Trinajstić information content (AvgIpc) is 1.55. The van der Waals surface area contributed by atoms with E-state index in [1.54, 1.807) is 91.9 Å². The van der Waals surface area contributed by atoms with Gasteiger partial charge < -0.3 is 14.2 Å². The van der Waals surface area contributed by atoms with E-state index in [2.05, 4.69) is 128 Å². The number of alkyl halides is 1.